The quantitative estimate of drug-likeness (QED) is 0.656. The Morgan fingerprint density at radius 2 is 1.84 bits per heavy atom. The van der Waals surface area contributed by atoms with E-state index in [0.29, 0.717) is 30.8 Å². The largest absolute Gasteiger partial charge is 0.497 e. The van der Waals surface area contributed by atoms with E-state index >= 15 is 0 Å². The fourth-order valence-corrected chi connectivity index (χ4v) is 5.10. The molecule has 1 unspecified atom stereocenters. The molecule has 0 bridgehead atoms. The van der Waals surface area contributed by atoms with Crippen molar-refractivity contribution >= 4 is 39.2 Å². The molecule has 10 heteroatoms. The molecule has 0 aliphatic carbocycles. The molecule has 1 atom stereocenters. The number of nitrogens with zero attached hydrogens (tertiary/aromatic N) is 1. The van der Waals surface area contributed by atoms with Crippen molar-refractivity contribution in [2.75, 3.05) is 32.6 Å². The van der Waals surface area contributed by atoms with Crippen molar-refractivity contribution in [2.24, 2.45) is 5.92 Å². The maximum Gasteiger partial charge on any atom is 0.339 e. The van der Waals surface area contributed by atoms with Crippen LogP contribution in [0.5, 0.6) is 5.75 Å². The smallest absolute Gasteiger partial charge is 0.339 e. The Bertz CT molecular complexity index is 1070. The molecule has 1 heterocycles. The molecule has 1 aliphatic rings. The lowest BCUT2D eigenvalue weighted by Crippen LogP contribution is -2.43. The van der Waals surface area contributed by atoms with Crippen LogP contribution in [-0.4, -0.2) is 51.9 Å². The van der Waals surface area contributed by atoms with Crippen molar-refractivity contribution in [3.8, 4) is 5.75 Å². The molecule has 0 radical (unpaired) electrons. The van der Waals surface area contributed by atoms with Crippen LogP contribution in [0.25, 0.3) is 0 Å². The Morgan fingerprint density at radius 3 is 2.48 bits per heavy atom. The van der Waals surface area contributed by atoms with Crippen LogP contribution in [-0.2, 0) is 19.6 Å². The third-order valence-electron chi connectivity index (χ3n) is 5.09. The minimum Gasteiger partial charge on any atom is -0.497 e. The van der Waals surface area contributed by atoms with Gasteiger partial charge in [-0.2, -0.15) is 4.31 Å². The lowest BCUT2D eigenvalue weighted by molar-refractivity contribution is -0.120. The first-order valence-electron chi connectivity index (χ1n) is 9.59. The molecule has 2 aromatic carbocycles. The van der Waals surface area contributed by atoms with Crippen molar-refractivity contribution in [2.45, 2.75) is 17.7 Å². The number of sulfonamides is 1. The van der Waals surface area contributed by atoms with Crippen LogP contribution in [0.2, 0.25) is 5.02 Å². The number of benzene rings is 2. The highest BCUT2D eigenvalue weighted by atomic mass is 35.5. The van der Waals surface area contributed by atoms with E-state index in [-0.39, 0.29) is 27.9 Å². The highest BCUT2D eigenvalue weighted by Crippen LogP contribution is 2.27. The van der Waals surface area contributed by atoms with Gasteiger partial charge in [0, 0.05) is 18.8 Å². The predicted octanol–water partition coefficient (Wildman–Crippen LogP) is 3.17. The van der Waals surface area contributed by atoms with E-state index in [2.05, 4.69) is 10.1 Å². The van der Waals surface area contributed by atoms with E-state index in [4.69, 9.17) is 16.3 Å². The van der Waals surface area contributed by atoms with Gasteiger partial charge in [-0.05, 0) is 55.3 Å². The summed E-state index contributed by atoms with van der Waals surface area (Å²) < 4.78 is 37.1. The van der Waals surface area contributed by atoms with Gasteiger partial charge in [-0.15, -0.1) is 0 Å². The van der Waals surface area contributed by atoms with Gasteiger partial charge in [0.15, 0.2) is 0 Å². The number of rotatable bonds is 6. The zero-order valence-electron chi connectivity index (χ0n) is 17.1. The van der Waals surface area contributed by atoms with E-state index in [1.807, 2.05) is 0 Å². The van der Waals surface area contributed by atoms with Gasteiger partial charge < -0.3 is 14.8 Å². The first-order chi connectivity index (χ1) is 14.8. The van der Waals surface area contributed by atoms with E-state index in [9.17, 15) is 18.0 Å². The Balaban J connectivity index is 1.72. The molecule has 1 aliphatic heterocycles. The molecule has 8 nitrogen and oxygen atoms in total. The first kappa shape index (κ1) is 23.1. The number of methoxy groups -OCH3 is 2. The number of halogens is 1. The predicted molar refractivity (Wildman–Crippen MR) is 116 cm³/mol. The highest BCUT2D eigenvalue weighted by molar-refractivity contribution is 7.89. The number of hydrogen-bond donors (Lipinski definition) is 1. The molecule has 166 valence electrons. The van der Waals surface area contributed by atoms with Crippen molar-refractivity contribution in [1.82, 2.24) is 4.31 Å². The van der Waals surface area contributed by atoms with E-state index in [1.165, 1.54) is 42.8 Å². The third kappa shape index (κ3) is 5.17. The molecule has 0 spiro atoms. The van der Waals surface area contributed by atoms with Crippen molar-refractivity contribution in [1.29, 1.82) is 0 Å². The summed E-state index contributed by atoms with van der Waals surface area (Å²) in [5.74, 6) is -0.911. The maximum atomic E-state index is 13.0. The SMILES string of the molecule is COC(=O)c1cc(NC(=O)C2CCCN(S(=O)(=O)c3ccc(OC)cc3)C2)ccc1Cl. The van der Waals surface area contributed by atoms with Crippen LogP contribution in [0, 0.1) is 5.92 Å². The number of amides is 1. The monoisotopic (exact) mass is 466 g/mol. The molecule has 0 saturated carbocycles. The zero-order valence-corrected chi connectivity index (χ0v) is 18.7. The van der Waals surface area contributed by atoms with Crippen LogP contribution >= 0.6 is 11.6 Å². The molecule has 3 rings (SSSR count). The normalized spacial score (nSPS) is 17.1. The number of nitrogens with one attached hydrogen (secondary N) is 1. The average molecular weight is 467 g/mol. The van der Waals surface area contributed by atoms with Crippen molar-refractivity contribution in [3.05, 3.63) is 53.1 Å². The number of ether oxygens (including phenoxy) is 2. The Kier molecular flexibility index (Phi) is 7.19. The van der Waals surface area contributed by atoms with E-state index in [1.54, 1.807) is 18.2 Å². The first-order valence-corrected chi connectivity index (χ1v) is 11.4. The second-order valence-corrected chi connectivity index (χ2v) is 9.40. The second-order valence-electron chi connectivity index (χ2n) is 7.05. The van der Waals surface area contributed by atoms with Crippen molar-refractivity contribution < 1.29 is 27.5 Å². The lowest BCUT2D eigenvalue weighted by atomic mass is 9.98. The summed E-state index contributed by atoms with van der Waals surface area (Å²) in [6.45, 7) is 0.406. The Morgan fingerprint density at radius 1 is 1.13 bits per heavy atom. The summed E-state index contributed by atoms with van der Waals surface area (Å²) in [6, 6.07) is 10.6. The molecular formula is C21H23ClN2O6S. The summed E-state index contributed by atoms with van der Waals surface area (Å²) in [5.41, 5.74) is 0.513. The number of piperidine rings is 1. The van der Waals surface area contributed by atoms with E-state index < -0.39 is 21.9 Å². The van der Waals surface area contributed by atoms with Crippen LogP contribution < -0.4 is 10.1 Å². The van der Waals surface area contributed by atoms with Gasteiger partial charge in [0.2, 0.25) is 15.9 Å². The van der Waals surface area contributed by atoms with Gasteiger partial charge in [-0.1, -0.05) is 11.6 Å². The summed E-state index contributed by atoms with van der Waals surface area (Å²) in [6.07, 6.45) is 1.11. The van der Waals surface area contributed by atoms with Crippen LogP contribution in [0.3, 0.4) is 0 Å². The van der Waals surface area contributed by atoms with Gasteiger partial charge in [0.05, 0.1) is 35.6 Å². The van der Waals surface area contributed by atoms with E-state index in [0.717, 1.165) is 0 Å². The topological polar surface area (TPSA) is 102 Å². The average Bonchev–Trinajstić information content (AvgIpc) is 2.79. The summed E-state index contributed by atoms with van der Waals surface area (Å²) >= 11 is 6.01. The second kappa shape index (κ2) is 9.67. The number of anilines is 1. The van der Waals surface area contributed by atoms with Gasteiger partial charge >= 0.3 is 5.97 Å². The maximum absolute atomic E-state index is 13.0. The fourth-order valence-electron chi connectivity index (χ4n) is 3.39. The number of carbonyl (C=O) groups is 2. The molecule has 2 aromatic rings. The Hall–Kier alpha value is -2.62. The van der Waals surface area contributed by atoms with Gasteiger partial charge in [-0.25, -0.2) is 13.2 Å². The van der Waals surface area contributed by atoms with Gasteiger partial charge in [0.25, 0.3) is 0 Å². The molecule has 1 saturated heterocycles. The summed E-state index contributed by atoms with van der Waals surface area (Å²) in [4.78, 5) is 24.7. The van der Waals surface area contributed by atoms with Crippen molar-refractivity contribution in [3.63, 3.8) is 0 Å². The highest BCUT2D eigenvalue weighted by Gasteiger charge is 2.33. The summed E-state index contributed by atoms with van der Waals surface area (Å²) in [5, 5.41) is 2.95. The number of carbonyl (C=O) groups excluding carboxylic acids is 2. The molecule has 1 fully saturated rings. The molecular weight excluding hydrogens is 444 g/mol. The minimum absolute atomic E-state index is 0.0671. The minimum atomic E-state index is -3.73. The third-order valence-corrected chi connectivity index (χ3v) is 7.30. The number of esters is 1. The Labute approximate surface area is 186 Å². The van der Waals surface area contributed by atoms with Crippen LogP contribution in [0.15, 0.2) is 47.4 Å². The fraction of sp³-hybridized carbons (Fsp3) is 0.333. The molecule has 1 amide bonds. The molecule has 1 N–H and O–H groups in total. The van der Waals surface area contributed by atoms with Gasteiger partial charge in [0.1, 0.15) is 5.75 Å². The van der Waals surface area contributed by atoms with Gasteiger partial charge in [-0.3, -0.25) is 4.79 Å². The van der Waals surface area contributed by atoms with Crippen LogP contribution in [0.4, 0.5) is 5.69 Å². The number of hydrogen-bond acceptors (Lipinski definition) is 6. The standard InChI is InChI=1S/C21H23ClN2O6S/c1-29-16-6-8-17(9-7-16)31(27,28)24-11-3-4-14(13-24)20(25)23-15-5-10-19(22)18(12-15)21(26)30-2/h5-10,12,14H,3-4,11,13H2,1-2H3,(H,23,25). The zero-order chi connectivity index (χ0) is 22.6. The van der Waals surface area contributed by atoms with Crippen LogP contribution in [0.1, 0.15) is 23.2 Å². The molecule has 0 aromatic heterocycles. The molecule has 31 heavy (non-hydrogen) atoms. The summed E-state index contributed by atoms with van der Waals surface area (Å²) in [7, 11) is -0.988. The lowest BCUT2D eigenvalue weighted by Gasteiger charge is -2.31.